The van der Waals surface area contributed by atoms with E-state index in [1.165, 1.54) is 12.8 Å². The molecule has 1 aliphatic carbocycles. The van der Waals surface area contributed by atoms with Crippen LogP contribution in [0.1, 0.15) is 59.8 Å². The smallest absolute Gasteiger partial charge is 0.0804 e. The maximum atomic E-state index is 9.28. The maximum Gasteiger partial charge on any atom is 0.0804 e. The molecule has 0 heterocycles. The van der Waals surface area contributed by atoms with E-state index in [1.54, 1.807) is 6.92 Å². The van der Waals surface area contributed by atoms with Crippen LogP contribution in [0.5, 0.6) is 0 Å². The molecule has 18 heavy (non-hydrogen) atoms. The van der Waals surface area contributed by atoms with Gasteiger partial charge in [0.2, 0.25) is 0 Å². The van der Waals surface area contributed by atoms with Gasteiger partial charge in [0.25, 0.3) is 0 Å². The minimum Gasteiger partial charge on any atom is -0.393 e. The summed E-state index contributed by atoms with van der Waals surface area (Å²) in [6.07, 6.45) is 4.94. The minimum atomic E-state index is -0.286. The molecule has 0 aromatic rings. The molecule has 0 saturated heterocycles. The van der Waals surface area contributed by atoms with Gasteiger partial charge in [-0.3, -0.25) is 0 Å². The Labute approximate surface area is 112 Å². The normalized spacial score (nSPS) is 31.3. The molecule has 0 spiro atoms. The second-order valence-electron chi connectivity index (χ2n) is 7.01. The first kappa shape index (κ1) is 15.9. The van der Waals surface area contributed by atoms with Crippen molar-refractivity contribution in [3.05, 3.63) is 0 Å². The zero-order valence-corrected chi connectivity index (χ0v) is 12.5. The highest BCUT2D eigenvalue weighted by molar-refractivity contribution is 4.91. The predicted molar refractivity (Wildman–Crippen MR) is 75.4 cm³/mol. The van der Waals surface area contributed by atoms with Crippen LogP contribution in [0, 0.1) is 11.3 Å². The molecule has 0 radical (unpaired) electrons. The number of aliphatic hydroxyl groups is 1. The average Bonchev–Trinajstić information content (AvgIpc) is 2.28. The molecule has 0 aromatic carbocycles. The summed E-state index contributed by atoms with van der Waals surface area (Å²) < 4.78 is 6.01. The Bertz CT molecular complexity index is 237. The SMILES string of the molecule is CC(O)CCOC1(CN)CCC(C(C)(C)C)CC1. The van der Waals surface area contributed by atoms with E-state index in [0.717, 1.165) is 18.8 Å². The fourth-order valence-corrected chi connectivity index (χ4v) is 2.86. The Balaban J connectivity index is 2.44. The molecule has 1 saturated carbocycles. The van der Waals surface area contributed by atoms with Crippen LogP contribution in [-0.2, 0) is 4.74 Å². The van der Waals surface area contributed by atoms with Gasteiger partial charge in [-0.2, -0.15) is 0 Å². The van der Waals surface area contributed by atoms with Crippen LogP contribution >= 0.6 is 0 Å². The summed E-state index contributed by atoms with van der Waals surface area (Å²) in [6, 6.07) is 0. The lowest BCUT2D eigenvalue weighted by Crippen LogP contribution is -2.45. The molecule has 3 nitrogen and oxygen atoms in total. The third-order valence-corrected chi connectivity index (χ3v) is 4.44. The molecule has 1 rings (SSSR count). The number of ether oxygens (including phenoxy) is 1. The second kappa shape index (κ2) is 6.36. The third kappa shape index (κ3) is 4.52. The minimum absolute atomic E-state index is 0.128. The zero-order chi connectivity index (χ0) is 13.8. The Kier molecular flexibility index (Phi) is 5.63. The van der Waals surface area contributed by atoms with E-state index in [-0.39, 0.29) is 11.7 Å². The third-order valence-electron chi connectivity index (χ3n) is 4.44. The van der Waals surface area contributed by atoms with Gasteiger partial charge in [-0.25, -0.2) is 0 Å². The lowest BCUT2D eigenvalue weighted by molar-refractivity contribution is -0.0858. The van der Waals surface area contributed by atoms with Crippen molar-refractivity contribution in [3.8, 4) is 0 Å². The standard InChI is InChI=1S/C15H31NO2/c1-12(17)7-10-18-15(11-16)8-5-13(6-9-15)14(2,3)4/h12-13,17H,5-11,16H2,1-4H3. The van der Waals surface area contributed by atoms with E-state index in [9.17, 15) is 5.11 Å². The average molecular weight is 257 g/mol. The lowest BCUT2D eigenvalue weighted by atomic mass is 9.68. The van der Waals surface area contributed by atoms with Gasteiger partial charge < -0.3 is 15.6 Å². The highest BCUT2D eigenvalue weighted by Gasteiger charge is 2.38. The van der Waals surface area contributed by atoms with Gasteiger partial charge in [0.1, 0.15) is 0 Å². The van der Waals surface area contributed by atoms with E-state index in [1.807, 2.05) is 0 Å². The molecule has 0 aliphatic heterocycles. The lowest BCUT2D eigenvalue weighted by Gasteiger charge is -2.43. The van der Waals surface area contributed by atoms with Crippen molar-refractivity contribution in [2.45, 2.75) is 71.5 Å². The highest BCUT2D eigenvalue weighted by atomic mass is 16.5. The zero-order valence-electron chi connectivity index (χ0n) is 12.5. The summed E-state index contributed by atoms with van der Waals surface area (Å²) in [7, 11) is 0. The first-order chi connectivity index (χ1) is 8.29. The Morgan fingerprint density at radius 2 is 1.89 bits per heavy atom. The van der Waals surface area contributed by atoms with Crippen molar-refractivity contribution >= 4 is 0 Å². The highest BCUT2D eigenvalue weighted by Crippen LogP contribution is 2.42. The predicted octanol–water partition coefficient (Wildman–Crippen LogP) is 2.71. The van der Waals surface area contributed by atoms with E-state index < -0.39 is 0 Å². The Morgan fingerprint density at radius 3 is 2.28 bits per heavy atom. The van der Waals surface area contributed by atoms with Gasteiger partial charge in [0.05, 0.1) is 11.7 Å². The molecule has 0 amide bonds. The quantitative estimate of drug-likeness (QED) is 0.796. The topological polar surface area (TPSA) is 55.5 Å². The summed E-state index contributed by atoms with van der Waals surface area (Å²) in [5, 5.41) is 9.28. The van der Waals surface area contributed by atoms with Crippen molar-refractivity contribution in [2.24, 2.45) is 17.1 Å². The largest absolute Gasteiger partial charge is 0.393 e. The fourth-order valence-electron chi connectivity index (χ4n) is 2.86. The van der Waals surface area contributed by atoms with E-state index in [0.29, 0.717) is 25.0 Å². The van der Waals surface area contributed by atoms with Crippen molar-refractivity contribution in [1.29, 1.82) is 0 Å². The molecule has 1 unspecified atom stereocenters. The fraction of sp³-hybridized carbons (Fsp3) is 1.00. The Hall–Kier alpha value is -0.120. The summed E-state index contributed by atoms with van der Waals surface area (Å²) >= 11 is 0. The van der Waals surface area contributed by atoms with Crippen LogP contribution in [0.2, 0.25) is 0 Å². The van der Waals surface area contributed by atoms with Gasteiger partial charge in [0, 0.05) is 13.2 Å². The first-order valence-electron chi connectivity index (χ1n) is 7.31. The molecule has 108 valence electrons. The molecule has 3 heteroatoms. The summed E-state index contributed by atoms with van der Waals surface area (Å²) in [5.74, 6) is 0.776. The number of hydrogen-bond donors (Lipinski definition) is 2. The van der Waals surface area contributed by atoms with Gasteiger partial charge in [-0.05, 0) is 50.4 Å². The summed E-state index contributed by atoms with van der Waals surface area (Å²) in [4.78, 5) is 0. The van der Waals surface area contributed by atoms with Crippen molar-refractivity contribution in [3.63, 3.8) is 0 Å². The molecule has 0 aromatic heterocycles. The van der Waals surface area contributed by atoms with E-state index in [4.69, 9.17) is 10.5 Å². The first-order valence-corrected chi connectivity index (χ1v) is 7.31. The van der Waals surface area contributed by atoms with Gasteiger partial charge >= 0.3 is 0 Å². The monoisotopic (exact) mass is 257 g/mol. The van der Waals surface area contributed by atoms with Crippen LogP contribution < -0.4 is 5.73 Å². The molecule has 1 atom stereocenters. The molecular weight excluding hydrogens is 226 g/mol. The molecule has 3 N–H and O–H groups in total. The maximum absolute atomic E-state index is 9.28. The molecular formula is C15H31NO2. The van der Waals surface area contributed by atoms with E-state index in [2.05, 4.69) is 20.8 Å². The van der Waals surface area contributed by atoms with Crippen LogP contribution in [0.4, 0.5) is 0 Å². The summed E-state index contributed by atoms with van der Waals surface area (Å²) in [5.41, 5.74) is 6.18. The number of hydrogen-bond acceptors (Lipinski definition) is 3. The Morgan fingerprint density at radius 1 is 1.33 bits per heavy atom. The van der Waals surface area contributed by atoms with Gasteiger partial charge in [0.15, 0.2) is 0 Å². The van der Waals surface area contributed by atoms with E-state index >= 15 is 0 Å². The van der Waals surface area contributed by atoms with Crippen molar-refractivity contribution < 1.29 is 9.84 Å². The number of aliphatic hydroxyl groups excluding tert-OH is 1. The number of rotatable bonds is 5. The van der Waals surface area contributed by atoms with Crippen molar-refractivity contribution in [1.82, 2.24) is 0 Å². The van der Waals surface area contributed by atoms with Crippen LogP contribution in [0.25, 0.3) is 0 Å². The van der Waals surface area contributed by atoms with Gasteiger partial charge in [-0.1, -0.05) is 20.8 Å². The number of nitrogens with two attached hydrogens (primary N) is 1. The second-order valence-corrected chi connectivity index (χ2v) is 7.01. The van der Waals surface area contributed by atoms with Crippen molar-refractivity contribution in [2.75, 3.05) is 13.2 Å². The molecule has 1 aliphatic rings. The van der Waals surface area contributed by atoms with Crippen LogP contribution in [0.3, 0.4) is 0 Å². The van der Waals surface area contributed by atoms with Crippen LogP contribution in [-0.4, -0.2) is 30.0 Å². The molecule has 1 fully saturated rings. The molecule has 0 bridgehead atoms. The summed E-state index contributed by atoms with van der Waals surface area (Å²) in [6.45, 7) is 9.98. The van der Waals surface area contributed by atoms with Gasteiger partial charge in [-0.15, -0.1) is 0 Å². The van der Waals surface area contributed by atoms with Crippen LogP contribution in [0.15, 0.2) is 0 Å².